The number of nitrogens with one attached hydrogen (secondary N) is 1. The summed E-state index contributed by atoms with van der Waals surface area (Å²) in [6.45, 7) is 5.76. The molecule has 0 saturated carbocycles. The Labute approximate surface area is 239 Å². The van der Waals surface area contributed by atoms with Gasteiger partial charge in [0.05, 0.1) is 5.54 Å². The van der Waals surface area contributed by atoms with Crippen molar-refractivity contribution in [3.63, 3.8) is 0 Å². The number of aryl methyl sites for hydroxylation is 1. The number of hydrogen-bond acceptors (Lipinski definition) is 7. The third-order valence-corrected chi connectivity index (χ3v) is 9.91. The van der Waals surface area contributed by atoms with Crippen LogP contribution in [0.25, 0.3) is 27.4 Å². The minimum Gasteiger partial charge on any atom is -0.508 e. The van der Waals surface area contributed by atoms with Crippen molar-refractivity contribution in [3.05, 3.63) is 48.2 Å². The van der Waals surface area contributed by atoms with Crippen LogP contribution in [0.15, 0.2) is 42.6 Å². The Hall–Kier alpha value is -3.43. The Morgan fingerprint density at radius 3 is 2.83 bits per heavy atom. The van der Waals surface area contributed by atoms with E-state index in [9.17, 15) is 9.50 Å². The minimum absolute atomic E-state index is 0.244. The summed E-state index contributed by atoms with van der Waals surface area (Å²) in [4.78, 5) is 9.65. The van der Waals surface area contributed by atoms with Crippen molar-refractivity contribution in [3.8, 4) is 22.9 Å². The molecule has 2 aromatic heterocycles. The Morgan fingerprint density at radius 1 is 1.15 bits per heavy atom. The predicted octanol–water partition coefficient (Wildman–Crippen LogP) is 4.71. The maximum Gasteiger partial charge on any atom is 0.336 e. The molecule has 8 rings (SSSR count). The Bertz CT molecular complexity index is 1630. The third-order valence-electron chi connectivity index (χ3n) is 9.91. The SMILES string of the molecule is CCc1cccc2cc(O)cc(-c3cc4c(N5CC6CCC(C5)N6)nc(OC[C@@]56CCCN5C[C@H](F)C6)nn4c3)c12. The number of phenols is 1. The van der Waals surface area contributed by atoms with Crippen LogP contribution in [-0.4, -0.2) is 81.2 Å². The van der Waals surface area contributed by atoms with Crippen molar-refractivity contribution in [2.45, 2.75) is 69.2 Å². The van der Waals surface area contributed by atoms with E-state index in [2.05, 4.69) is 40.2 Å². The monoisotopic (exact) mass is 556 g/mol. The zero-order valence-corrected chi connectivity index (χ0v) is 23.5. The lowest BCUT2D eigenvalue weighted by molar-refractivity contribution is 0.106. The molecule has 4 aliphatic rings. The highest BCUT2D eigenvalue weighted by atomic mass is 19.1. The summed E-state index contributed by atoms with van der Waals surface area (Å²) in [6.07, 6.45) is 7.01. The molecule has 6 heterocycles. The number of anilines is 1. The first-order chi connectivity index (χ1) is 20.0. The standard InChI is InChI=1S/C32H37FN6O2/c1-2-20-5-3-6-21-11-26(40)13-27(29(20)21)22-12-28-30(37-17-24-7-8-25(18-37)34-24)35-31(36-39(28)15-22)41-19-32-9-4-10-38(32)16-23(33)14-32/h3,5-6,11-13,15,23-25,34,40H,2,4,7-10,14,16-19H2,1H3/t23-,24?,25?,32+/m1/s1. The molecule has 2 unspecified atom stereocenters. The molecule has 9 heteroatoms. The summed E-state index contributed by atoms with van der Waals surface area (Å²) in [6, 6.07) is 13.3. The zero-order valence-electron chi connectivity index (χ0n) is 23.5. The van der Waals surface area contributed by atoms with E-state index in [1.807, 2.05) is 28.9 Å². The summed E-state index contributed by atoms with van der Waals surface area (Å²) in [5.41, 5.74) is 3.87. The second-order valence-electron chi connectivity index (χ2n) is 12.5. The average Bonchev–Trinajstić information content (AvgIpc) is 3.72. The van der Waals surface area contributed by atoms with Crippen LogP contribution in [0.4, 0.5) is 10.2 Å². The number of phenolic OH excluding ortho intramolecular Hbond substituents is 1. The quantitative estimate of drug-likeness (QED) is 0.356. The van der Waals surface area contributed by atoms with E-state index < -0.39 is 6.17 Å². The Balaban J connectivity index is 1.23. The lowest BCUT2D eigenvalue weighted by Crippen LogP contribution is -2.51. The number of benzene rings is 2. The highest BCUT2D eigenvalue weighted by Gasteiger charge is 2.49. The highest BCUT2D eigenvalue weighted by Crippen LogP contribution is 2.41. The predicted molar refractivity (Wildman–Crippen MR) is 158 cm³/mol. The van der Waals surface area contributed by atoms with Crippen molar-refractivity contribution in [2.75, 3.05) is 37.7 Å². The molecular formula is C32H37FN6O2. The van der Waals surface area contributed by atoms with E-state index >= 15 is 0 Å². The normalized spacial score (nSPS) is 27.8. The number of nitrogens with zero attached hydrogens (tertiary/aromatic N) is 5. The number of fused-ring (bicyclic) bond motifs is 5. The highest BCUT2D eigenvalue weighted by molar-refractivity contribution is 6.01. The summed E-state index contributed by atoms with van der Waals surface area (Å²) >= 11 is 0. The molecule has 4 aliphatic heterocycles. The topological polar surface area (TPSA) is 78.2 Å². The van der Waals surface area contributed by atoms with Gasteiger partial charge in [-0.2, -0.15) is 4.98 Å². The molecule has 0 spiro atoms. The van der Waals surface area contributed by atoms with Gasteiger partial charge in [0.25, 0.3) is 0 Å². The molecule has 2 aromatic carbocycles. The second-order valence-corrected chi connectivity index (χ2v) is 12.5. The zero-order chi connectivity index (χ0) is 27.7. The van der Waals surface area contributed by atoms with Gasteiger partial charge in [0.1, 0.15) is 24.0 Å². The van der Waals surface area contributed by atoms with Crippen LogP contribution < -0.4 is 15.0 Å². The van der Waals surface area contributed by atoms with Gasteiger partial charge in [0.15, 0.2) is 5.82 Å². The number of hydrogen-bond donors (Lipinski definition) is 2. The smallest absolute Gasteiger partial charge is 0.336 e. The molecule has 2 bridgehead atoms. The van der Waals surface area contributed by atoms with E-state index in [0.717, 1.165) is 72.1 Å². The van der Waals surface area contributed by atoms with Crippen LogP contribution in [0.3, 0.4) is 0 Å². The van der Waals surface area contributed by atoms with Gasteiger partial charge < -0.3 is 20.1 Å². The lowest BCUT2D eigenvalue weighted by Gasteiger charge is -2.34. The van der Waals surface area contributed by atoms with Gasteiger partial charge in [-0.25, -0.2) is 8.91 Å². The number of aromatic hydroxyl groups is 1. The van der Waals surface area contributed by atoms with Crippen LogP contribution in [0.1, 0.15) is 44.6 Å². The largest absolute Gasteiger partial charge is 0.508 e. The number of aromatic nitrogens is 3. The van der Waals surface area contributed by atoms with Crippen LogP contribution >= 0.6 is 0 Å². The minimum atomic E-state index is -0.800. The molecule has 0 aliphatic carbocycles. The van der Waals surface area contributed by atoms with Gasteiger partial charge in [0, 0.05) is 49.9 Å². The van der Waals surface area contributed by atoms with E-state index in [1.165, 1.54) is 18.4 Å². The Kier molecular flexibility index (Phi) is 5.90. The van der Waals surface area contributed by atoms with Gasteiger partial charge in [-0.05, 0) is 78.7 Å². The fourth-order valence-corrected chi connectivity index (χ4v) is 8.03. The van der Waals surface area contributed by atoms with Crippen molar-refractivity contribution < 1.29 is 14.2 Å². The number of ether oxygens (including phenoxy) is 1. The summed E-state index contributed by atoms with van der Waals surface area (Å²) in [7, 11) is 0. The molecule has 2 N–H and O–H groups in total. The van der Waals surface area contributed by atoms with Crippen LogP contribution in [0.5, 0.6) is 11.8 Å². The maximum absolute atomic E-state index is 14.4. The van der Waals surface area contributed by atoms with E-state index in [0.29, 0.717) is 37.7 Å². The first-order valence-electron chi connectivity index (χ1n) is 15.2. The van der Waals surface area contributed by atoms with E-state index in [4.69, 9.17) is 14.8 Å². The molecule has 41 heavy (non-hydrogen) atoms. The number of alkyl halides is 1. The summed E-state index contributed by atoms with van der Waals surface area (Å²) in [5.74, 6) is 1.11. The molecule has 8 nitrogen and oxygen atoms in total. The van der Waals surface area contributed by atoms with Crippen LogP contribution in [-0.2, 0) is 6.42 Å². The van der Waals surface area contributed by atoms with Crippen molar-refractivity contribution in [1.29, 1.82) is 0 Å². The van der Waals surface area contributed by atoms with Gasteiger partial charge in [-0.15, -0.1) is 5.10 Å². The lowest BCUT2D eigenvalue weighted by atomic mass is 9.94. The maximum atomic E-state index is 14.4. The fourth-order valence-electron chi connectivity index (χ4n) is 8.03. The van der Waals surface area contributed by atoms with Crippen LogP contribution in [0.2, 0.25) is 0 Å². The first kappa shape index (κ1) is 25.3. The Morgan fingerprint density at radius 2 is 2.00 bits per heavy atom. The van der Waals surface area contributed by atoms with Gasteiger partial charge in [0.2, 0.25) is 0 Å². The number of rotatable bonds is 6. The van der Waals surface area contributed by atoms with E-state index in [-0.39, 0.29) is 11.3 Å². The second kappa shape index (κ2) is 9.56. The first-order valence-corrected chi connectivity index (χ1v) is 15.2. The van der Waals surface area contributed by atoms with Gasteiger partial charge >= 0.3 is 6.01 Å². The molecule has 4 aromatic rings. The molecule has 4 fully saturated rings. The summed E-state index contributed by atoms with van der Waals surface area (Å²) in [5, 5.41) is 21.4. The van der Waals surface area contributed by atoms with E-state index in [1.54, 1.807) is 0 Å². The van der Waals surface area contributed by atoms with Crippen molar-refractivity contribution in [1.82, 2.24) is 24.8 Å². The molecular weight excluding hydrogens is 519 g/mol. The van der Waals surface area contributed by atoms with Crippen molar-refractivity contribution in [2.24, 2.45) is 0 Å². The molecule has 0 amide bonds. The third kappa shape index (κ3) is 4.24. The van der Waals surface area contributed by atoms with Crippen molar-refractivity contribution >= 4 is 22.1 Å². The molecule has 0 radical (unpaired) electrons. The molecule has 214 valence electrons. The number of halogens is 1. The van der Waals surface area contributed by atoms with Crippen LogP contribution in [0, 0.1) is 0 Å². The summed E-state index contributed by atoms with van der Waals surface area (Å²) < 4.78 is 22.7. The molecule has 4 atom stereocenters. The average molecular weight is 557 g/mol. The fraction of sp³-hybridized carbons (Fsp3) is 0.500. The van der Waals surface area contributed by atoms with Gasteiger partial charge in [-0.3, -0.25) is 4.90 Å². The number of piperazine rings is 1. The molecule has 4 saturated heterocycles. The van der Waals surface area contributed by atoms with Gasteiger partial charge in [-0.1, -0.05) is 25.1 Å².